The van der Waals surface area contributed by atoms with E-state index in [4.69, 9.17) is 0 Å². The monoisotopic (exact) mass is 413 g/mol. The topological polar surface area (TPSA) is 70.4 Å². The van der Waals surface area contributed by atoms with Crippen molar-refractivity contribution in [2.45, 2.75) is 37.2 Å². The van der Waals surface area contributed by atoms with Crippen LogP contribution in [0.5, 0.6) is 5.88 Å². The molecular weight excluding hydrogens is 386 g/mol. The molecule has 0 amide bonds. The van der Waals surface area contributed by atoms with Gasteiger partial charge in [0.05, 0.1) is 5.60 Å². The van der Waals surface area contributed by atoms with Crippen LogP contribution in [0.25, 0.3) is 11.1 Å². The highest BCUT2D eigenvalue weighted by Gasteiger charge is 2.45. The number of hydrogen-bond donors (Lipinski definition) is 2. The summed E-state index contributed by atoms with van der Waals surface area (Å²) in [6, 6.07) is 21.3. The van der Waals surface area contributed by atoms with Crippen LogP contribution in [0.15, 0.2) is 85.1 Å². The molecule has 0 aliphatic heterocycles. The zero-order valence-corrected chi connectivity index (χ0v) is 17.4. The molecule has 4 nitrogen and oxygen atoms in total. The number of aromatic nitrogens is 1. The number of carbonyl (C=O) groups excluding carboxylic acids is 1. The number of allylic oxidation sites excluding steroid dienone is 1. The van der Waals surface area contributed by atoms with Crippen molar-refractivity contribution in [2.75, 3.05) is 0 Å². The lowest BCUT2D eigenvalue weighted by Crippen LogP contribution is -2.44. The third-order valence-corrected chi connectivity index (χ3v) is 6.25. The van der Waals surface area contributed by atoms with Gasteiger partial charge in [0.2, 0.25) is 5.88 Å². The average Bonchev–Trinajstić information content (AvgIpc) is 2.82. The Morgan fingerprint density at radius 2 is 1.77 bits per heavy atom. The van der Waals surface area contributed by atoms with Crippen LogP contribution >= 0.6 is 0 Å². The molecule has 0 spiro atoms. The Kier molecular flexibility index (Phi) is 6.28. The smallest absolute Gasteiger partial charge is 0.214 e. The van der Waals surface area contributed by atoms with Crippen LogP contribution in [-0.4, -0.2) is 27.1 Å². The number of aromatic hydroxyl groups is 1. The van der Waals surface area contributed by atoms with Crippen molar-refractivity contribution in [2.24, 2.45) is 5.92 Å². The number of aldehydes is 1. The van der Waals surface area contributed by atoms with Crippen LogP contribution in [0.1, 0.15) is 42.7 Å². The van der Waals surface area contributed by atoms with Crippen LogP contribution in [0.3, 0.4) is 0 Å². The second-order valence-electron chi connectivity index (χ2n) is 8.17. The van der Waals surface area contributed by atoms with E-state index in [1.54, 1.807) is 6.20 Å². The largest absolute Gasteiger partial charge is 0.493 e. The summed E-state index contributed by atoms with van der Waals surface area (Å²) >= 11 is 0. The van der Waals surface area contributed by atoms with E-state index in [1.165, 1.54) is 0 Å². The minimum atomic E-state index is -1.38. The quantitative estimate of drug-likeness (QED) is 0.409. The lowest BCUT2D eigenvalue weighted by Gasteiger charge is -2.42. The number of pyridine rings is 1. The van der Waals surface area contributed by atoms with Crippen LogP contribution < -0.4 is 0 Å². The summed E-state index contributed by atoms with van der Waals surface area (Å²) in [7, 11) is 0. The molecule has 1 aliphatic carbocycles. The third-order valence-electron chi connectivity index (χ3n) is 6.25. The molecule has 2 aromatic carbocycles. The molecule has 1 aliphatic rings. The number of hydrogen-bond acceptors (Lipinski definition) is 4. The minimum Gasteiger partial charge on any atom is -0.493 e. The lowest BCUT2D eigenvalue weighted by atomic mass is 9.66. The van der Waals surface area contributed by atoms with E-state index in [0.29, 0.717) is 5.56 Å². The number of rotatable bonds is 7. The maximum Gasteiger partial charge on any atom is 0.214 e. The molecule has 158 valence electrons. The van der Waals surface area contributed by atoms with E-state index in [2.05, 4.69) is 11.1 Å². The van der Waals surface area contributed by atoms with Gasteiger partial charge >= 0.3 is 0 Å². The first-order valence-corrected chi connectivity index (χ1v) is 10.8. The van der Waals surface area contributed by atoms with Gasteiger partial charge in [-0.3, -0.25) is 0 Å². The number of carbonyl (C=O) groups is 1. The van der Waals surface area contributed by atoms with Crippen molar-refractivity contribution >= 4 is 6.29 Å². The second kappa shape index (κ2) is 9.27. The Morgan fingerprint density at radius 3 is 2.42 bits per heavy atom. The molecule has 0 bridgehead atoms. The van der Waals surface area contributed by atoms with Crippen LogP contribution in [0, 0.1) is 5.92 Å². The molecular formula is C27H27NO3. The maximum atomic E-state index is 12.1. The number of aliphatic hydroxyl groups is 1. The van der Waals surface area contributed by atoms with E-state index in [9.17, 15) is 15.0 Å². The first kappa shape index (κ1) is 21.0. The summed E-state index contributed by atoms with van der Waals surface area (Å²) in [6.07, 6.45) is 9.20. The molecule has 0 saturated carbocycles. The molecule has 3 aromatic rings. The highest BCUT2D eigenvalue weighted by atomic mass is 16.3. The number of nitrogens with zero attached hydrogens (tertiary/aromatic N) is 1. The molecule has 4 rings (SSSR count). The van der Waals surface area contributed by atoms with Gasteiger partial charge in [0, 0.05) is 35.6 Å². The van der Waals surface area contributed by atoms with E-state index >= 15 is 0 Å². The van der Waals surface area contributed by atoms with Gasteiger partial charge in [-0.2, -0.15) is 0 Å². The zero-order valence-electron chi connectivity index (χ0n) is 17.4. The molecule has 4 heteroatoms. The van der Waals surface area contributed by atoms with E-state index < -0.39 is 11.5 Å². The van der Waals surface area contributed by atoms with Crippen LogP contribution in [0.4, 0.5) is 0 Å². The van der Waals surface area contributed by atoms with Crippen molar-refractivity contribution in [3.05, 3.63) is 96.2 Å². The van der Waals surface area contributed by atoms with Gasteiger partial charge in [0.25, 0.3) is 0 Å². The van der Waals surface area contributed by atoms with Crippen molar-refractivity contribution < 1.29 is 15.0 Å². The highest BCUT2D eigenvalue weighted by Crippen LogP contribution is 2.47. The first-order chi connectivity index (χ1) is 15.1. The molecule has 1 aromatic heterocycles. The Balaban J connectivity index is 1.91. The summed E-state index contributed by atoms with van der Waals surface area (Å²) < 4.78 is 0. The molecule has 0 fully saturated rings. The van der Waals surface area contributed by atoms with Crippen molar-refractivity contribution in [1.29, 1.82) is 0 Å². The van der Waals surface area contributed by atoms with Crippen molar-refractivity contribution in [3.8, 4) is 17.0 Å². The van der Waals surface area contributed by atoms with Crippen LogP contribution in [-0.2, 0) is 4.79 Å². The fraction of sp³-hybridized carbons (Fsp3) is 0.259. The lowest BCUT2D eigenvalue weighted by molar-refractivity contribution is -0.115. The Bertz CT molecular complexity index is 1050. The summed E-state index contributed by atoms with van der Waals surface area (Å²) in [5, 5.41) is 22.9. The molecule has 31 heavy (non-hydrogen) atoms. The maximum absolute atomic E-state index is 12.1. The third kappa shape index (κ3) is 4.30. The zero-order chi connectivity index (χ0) is 21.7. The summed E-state index contributed by atoms with van der Waals surface area (Å²) in [5.41, 5.74) is 1.81. The van der Waals surface area contributed by atoms with Gasteiger partial charge in [0.1, 0.15) is 6.29 Å². The Labute approximate surface area is 182 Å². The van der Waals surface area contributed by atoms with Gasteiger partial charge in [-0.25, -0.2) is 4.98 Å². The predicted octanol–water partition coefficient (Wildman–Crippen LogP) is 5.26. The fourth-order valence-corrected chi connectivity index (χ4v) is 4.70. The standard InChI is InChI=1S/C27H27NO3/c29-17-16-27(31,23-14-8-3-9-15-23)25(21-12-6-2-7-13-21)24-18-22(19-28-26(24)30)20-10-4-1-5-11-20/h1-2,4-8,10-14,17-19,23,25,31H,3,9,15-16H2,(H,28,30). The van der Waals surface area contributed by atoms with Crippen molar-refractivity contribution in [3.63, 3.8) is 0 Å². The highest BCUT2D eigenvalue weighted by molar-refractivity contribution is 5.65. The van der Waals surface area contributed by atoms with E-state index in [-0.39, 0.29) is 18.2 Å². The SMILES string of the molecule is O=CCC(O)(C1C=CCCC1)C(c1ccccc1)c1cc(-c2ccccc2)cnc1O. The molecule has 0 saturated heterocycles. The molecule has 1 heterocycles. The van der Waals surface area contributed by atoms with Gasteiger partial charge < -0.3 is 15.0 Å². The van der Waals surface area contributed by atoms with Gasteiger partial charge in [-0.15, -0.1) is 0 Å². The second-order valence-corrected chi connectivity index (χ2v) is 8.17. The molecule has 3 unspecified atom stereocenters. The minimum absolute atomic E-state index is 0.0312. The Hall–Kier alpha value is -3.24. The van der Waals surface area contributed by atoms with Gasteiger partial charge in [0.15, 0.2) is 0 Å². The summed E-state index contributed by atoms with van der Waals surface area (Å²) in [4.78, 5) is 16.0. The molecule has 0 radical (unpaired) electrons. The normalized spacial score (nSPS) is 18.8. The summed E-state index contributed by atoms with van der Waals surface area (Å²) in [5.74, 6) is -0.933. The van der Waals surface area contributed by atoms with Crippen LogP contribution in [0.2, 0.25) is 0 Å². The van der Waals surface area contributed by atoms with E-state index in [0.717, 1.165) is 42.2 Å². The van der Waals surface area contributed by atoms with Crippen molar-refractivity contribution in [1.82, 2.24) is 4.98 Å². The molecule has 3 atom stereocenters. The number of benzene rings is 2. The van der Waals surface area contributed by atoms with Gasteiger partial charge in [-0.05, 0) is 36.5 Å². The Morgan fingerprint density at radius 1 is 1.06 bits per heavy atom. The fourth-order valence-electron chi connectivity index (χ4n) is 4.70. The first-order valence-electron chi connectivity index (χ1n) is 10.8. The average molecular weight is 414 g/mol. The van der Waals surface area contributed by atoms with E-state index in [1.807, 2.05) is 72.8 Å². The molecule has 2 N–H and O–H groups in total. The van der Waals surface area contributed by atoms with Gasteiger partial charge in [-0.1, -0.05) is 72.8 Å². The summed E-state index contributed by atoms with van der Waals surface area (Å²) in [6.45, 7) is 0. The predicted molar refractivity (Wildman–Crippen MR) is 122 cm³/mol.